The molecule has 2 aromatic rings. The lowest BCUT2D eigenvalue weighted by Gasteiger charge is -2.12. The number of Topliss-reactive ketones (excluding diaryl/α,β-unsaturated/α-hetero) is 1. The molecule has 0 aliphatic rings. The molecular formula is C15H12Cl2O4S. The number of para-hydroxylation sites is 1. The topological polar surface area (TPSA) is 60.4 Å². The highest BCUT2D eigenvalue weighted by Crippen LogP contribution is 2.32. The Morgan fingerprint density at radius 2 is 1.64 bits per heavy atom. The Labute approximate surface area is 138 Å². The van der Waals surface area contributed by atoms with Crippen molar-refractivity contribution in [2.75, 3.05) is 0 Å². The molecule has 4 nitrogen and oxygen atoms in total. The molecule has 0 aromatic heterocycles. The Morgan fingerprint density at radius 1 is 1.05 bits per heavy atom. The predicted molar refractivity (Wildman–Crippen MR) is 85.3 cm³/mol. The quantitative estimate of drug-likeness (QED) is 0.588. The van der Waals surface area contributed by atoms with Gasteiger partial charge in [0, 0.05) is 6.42 Å². The minimum Gasteiger partial charge on any atom is -0.378 e. The van der Waals surface area contributed by atoms with E-state index in [1.54, 1.807) is 19.1 Å². The number of hydrogen-bond acceptors (Lipinski definition) is 4. The predicted octanol–water partition coefficient (Wildman–Crippen LogP) is 4.35. The Balaban J connectivity index is 2.49. The number of hydrogen-bond donors (Lipinski definition) is 0. The van der Waals surface area contributed by atoms with Crippen LogP contribution < -0.4 is 4.18 Å². The molecule has 0 fully saturated rings. The zero-order valence-corrected chi connectivity index (χ0v) is 13.9. The van der Waals surface area contributed by atoms with Gasteiger partial charge in [-0.05, 0) is 24.3 Å². The molecule has 0 atom stereocenters. The molecule has 7 heteroatoms. The molecule has 0 aliphatic carbocycles. The van der Waals surface area contributed by atoms with Gasteiger partial charge < -0.3 is 4.18 Å². The van der Waals surface area contributed by atoms with Gasteiger partial charge in [0.15, 0.2) is 11.5 Å². The molecule has 2 rings (SSSR count). The van der Waals surface area contributed by atoms with Gasteiger partial charge in [-0.25, -0.2) is 0 Å². The molecule has 0 heterocycles. The average molecular weight is 359 g/mol. The van der Waals surface area contributed by atoms with Crippen molar-refractivity contribution in [3.63, 3.8) is 0 Å². The lowest BCUT2D eigenvalue weighted by Crippen LogP contribution is -2.13. The van der Waals surface area contributed by atoms with Crippen LogP contribution in [0.15, 0.2) is 47.4 Å². The number of halogens is 2. The van der Waals surface area contributed by atoms with E-state index >= 15 is 0 Å². The van der Waals surface area contributed by atoms with E-state index in [4.69, 9.17) is 27.4 Å². The summed E-state index contributed by atoms with van der Waals surface area (Å²) in [5.41, 5.74) is 0.191. The van der Waals surface area contributed by atoms with E-state index in [1.807, 2.05) is 0 Å². The van der Waals surface area contributed by atoms with Crippen LogP contribution in [0.2, 0.25) is 10.0 Å². The Bertz CT molecular complexity index is 796. The van der Waals surface area contributed by atoms with Crippen molar-refractivity contribution in [1.82, 2.24) is 0 Å². The summed E-state index contributed by atoms with van der Waals surface area (Å²) >= 11 is 11.8. The maximum atomic E-state index is 12.4. The number of ketones is 1. The summed E-state index contributed by atoms with van der Waals surface area (Å²) in [4.78, 5) is 11.5. The molecule has 0 spiro atoms. The number of carbonyl (C=O) groups excluding carboxylic acids is 1. The minimum absolute atomic E-state index is 0.0493. The molecule has 0 amide bonds. The third kappa shape index (κ3) is 3.43. The van der Waals surface area contributed by atoms with Gasteiger partial charge in [0.05, 0.1) is 15.6 Å². The van der Waals surface area contributed by atoms with Crippen LogP contribution in [0.25, 0.3) is 0 Å². The molecule has 0 saturated carbocycles. The lowest BCUT2D eigenvalue weighted by molar-refractivity contribution is 0.0986. The summed E-state index contributed by atoms with van der Waals surface area (Å²) in [5.74, 6) is -0.276. The van der Waals surface area contributed by atoms with E-state index in [0.29, 0.717) is 0 Å². The van der Waals surface area contributed by atoms with Gasteiger partial charge >= 0.3 is 10.1 Å². The fourth-order valence-corrected chi connectivity index (χ4v) is 3.88. The van der Waals surface area contributed by atoms with Gasteiger partial charge in [-0.15, -0.1) is 0 Å². The molecule has 2 aromatic carbocycles. The van der Waals surface area contributed by atoms with E-state index in [1.165, 1.54) is 30.3 Å². The van der Waals surface area contributed by atoms with Crippen LogP contribution in [0, 0.1) is 0 Å². The monoisotopic (exact) mass is 358 g/mol. The van der Waals surface area contributed by atoms with E-state index < -0.39 is 10.1 Å². The van der Waals surface area contributed by atoms with Crippen LogP contribution in [0.5, 0.6) is 5.75 Å². The molecule has 0 saturated heterocycles. The van der Waals surface area contributed by atoms with Crippen molar-refractivity contribution in [3.05, 3.63) is 58.1 Å². The van der Waals surface area contributed by atoms with E-state index in [0.717, 1.165) is 0 Å². The normalized spacial score (nSPS) is 11.2. The summed E-state index contributed by atoms with van der Waals surface area (Å²) in [6.07, 6.45) is 0.229. The highest BCUT2D eigenvalue weighted by molar-refractivity contribution is 7.87. The Kier molecular flexibility index (Phi) is 5.11. The van der Waals surface area contributed by atoms with E-state index in [9.17, 15) is 13.2 Å². The Hall–Kier alpha value is -1.56. The number of benzene rings is 2. The van der Waals surface area contributed by atoms with Crippen molar-refractivity contribution in [2.45, 2.75) is 18.2 Å². The fourth-order valence-electron chi connectivity index (χ4n) is 1.84. The van der Waals surface area contributed by atoms with Crippen molar-refractivity contribution >= 4 is 39.1 Å². The zero-order valence-electron chi connectivity index (χ0n) is 11.5. The summed E-state index contributed by atoms with van der Waals surface area (Å²) in [5, 5.41) is -0.0985. The summed E-state index contributed by atoms with van der Waals surface area (Å²) in [6, 6.07) is 10.4. The maximum absolute atomic E-state index is 12.4. The van der Waals surface area contributed by atoms with Gasteiger partial charge in [-0.3, -0.25) is 4.79 Å². The number of rotatable bonds is 5. The van der Waals surface area contributed by atoms with Crippen molar-refractivity contribution < 1.29 is 17.4 Å². The zero-order chi connectivity index (χ0) is 16.3. The van der Waals surface area contributed by atoms with Crippen LogP contribution in [0.3, 0.4) is 0 Å². The van der Waals surface area contributed by atoms with Gasteiger partial charge in [-0.1, -0.05) is 48.3 Å². The highest BCUT2D eigenvalue weighted by atomic mass is 35.5. The SMILES string of the molecule is CCC(=O)c1ccccc1OS(=O)(=O)c1c(Cl)cccc1Cl. The third-order valence-electron chi connectivity index (χ3n) is 2.88. The largest absolute Gasteiger partial charge is 0.378 e. The molecule has 0 radical (unpaired) electrons. The van der Waals surface area contributed by atoms with Gasteiger partial charge in [0.1, 0.15) is 4.90 Å². The molecule has 0 N–H and O–H groups in total. The Morgan fingerprint density at radius 3 is 2.23 bits per heavy atom. The molecule has 116 valence electrons. The average Bonchev–Trinajstić information content (AvgIpc) is 2.46. The van der Waals surface area contributed by atoms with Crippen molar-refractivity contribution in [2.24, 2.45) is 0 Å². The maximum Gasteiger partial charge on any atom is 0.342 e. The highest BCUT2D eigenvalue weighted by Gasteiger charge is 2.25. The first-order valence-electron chi connectivity index (χ1n) is 6.37. The number of carbonyl (C=O) groups is 1. The molecule has 0 bridgehead atoms. The smallest absolute Gasteiger partial charge is 0.342 e. The summed E-state index contributed by atoms with van der Waals surface area (Å²) < 4.78 is 29.9. The fraction of sp³-hybridized carbons (Fsp3) is 0.133. The summed E-state index contributed by atoms with van der Waals surface area (Å²) in [6.45, 7) is 1.68. The van der Waals surface area contributed by atoms with Gasteiger partial charge in [-0.2, -0.15) is 8.42 Å². The second-order valence-electron chi connectivity index (χ2n) is 4.36. The first-order valence-corrected chi connectivity index (χ1v) is 8.54. The second kappa shape index (κ2) is 6.69. The van der Waals surface area contributed by atoms with Gasteiger partial charge in [0.25, 0.3) is 0 Å². The summed E-state index contributed by atoms with van der Waals surface area (Å²) in [7, 11) is -4.26. The van der Waals surface area contributed by atoms with E-state index in [-0.39, 0.29) is 38.5 Å². The first-order chi connectivity index (χ1) is 10.4. The van der Waals surface area contributed by atoms with Gasteiger partial charge in [0.2, 0.25) is 0 Å². The molecule has 0 unspecified atom stereocenters. The van der Waals surface area contributed by atoms with Crippen LogP contribution >= 0.6 is 23.2 Å². The van der Waals surface area contributed by atoms with Crippen LogP contribution in [0.1, 0.15) is 23.7 Å². The van der Waals surface area contributed by atoms with Crippen LogP contribution in [0.4, 0.5) is 0 Å². The molecule has 22 heavy (non-hydrogen) atoms. The van der Waals surface area contributed by atoms with Crippen molar-refractivity contribution in [1.29, 1.82) is 0 Å². The standard InChI is InChI=1S/C15H12Cl2O4S/c1-2-13(18)10-6-3-4-9-14(10)21-22(19,20)15-11(16)7-5-8-12(15)17/h3-9H,2H2,1H3. The molecule has 0 aliphatic heterocycles. The van der Waals surface area contributed by atoms with Crippen LogP contribution in [-0.2, 0) is 10.1 Å². The van der Waals surface area contributed by atoms with Crippen molar-refractivity contribution in [3.8, 4) is 5.75 Å². The van der Waals surface area contributed by atoms with Crippen LogP contribution in [-0.4, -0.2) is 14.2 Å². The third-order valence-corrected chi connectivity index (χ3v) is 5.07. The second-order valence-corrected chi connectivity index (χ2v) is 6.66. The first kappa shape index (κ1) is 16.8. The van der Waals surface area contributed by atoms with E-state index in [2.05, 4.69) is 0 Å². The minimum atomic E-state index is -4.26. The molecular weight excluding hydrogens is 347 g/mol. The lowest BCUT2D eigenvalue weighted by atomic mass is 10.1.